The molecule has 2 atom stereocenters. The van der Waals surface area contributed by atoms with Crippen molar-refractivity contribution in [1.82, 2.24) is 0 Å². The Bertz CT molecular complexity index is 19.7. The summed E-state index contributed by atoms with van der Waals surface area (Å²) in [5, 5.41) is 0. The summed E-state index contributed by atoms with van der Waals surface area (Å²) >= 11 is 0. The number of hydrogen-bond acceptors (Lipinski definition) is 0. The number of hydrogen-bond donors (Lipinski definition) is 0. The Hall–Kier alpha value is 4.57. The molecule has 0 aromatic rings. The second-order valence-corrected chi connectivity index (χ2v) is 0. The van der Waals surface area contributed by atoms with Gasteiger partial charge in [-0.1, -0.05) is 0 Å². The van der Waals surface area contributed by atoms with Crippen molar-refractivity contribution in [2.24, 2.45) is 0 Å². The monoisotopic (exact) mass is 354 g/mol. The zero-order valence-electron chi connectivity index (χ0n) is 2.46. The molecule has 0 saturated heterocycles. The van der Waals surface area contributed by atoms with Crippen LogP contribution in [0.25, 0.3) is 0 Å². The van der Waals surface area contributed by atoms with E-state index in [0.29, 0.717) is 0 Å². The summed E-state index contributed by atoms with van der Waals surface area (Å²) in [5.41, 5.74) is 0. The SMILES string of the molecule is P.[AsH3].[CaH2].[Co].[Cr].[Cu].[MgH2]. The van der Waals surface area contributed by atoms with Crippen LogP contribution in [0.4, 0.5) is 0 Å². The average molecular weight is 355 g/mol. The Balaban J connectivity index is 0. The molecule has 0 aromatic carbocycles. The van der Waals surface area contributed by atoms with Crippen molar-refractivity contribution in [2.75, 3.05) is 0 Å². The Morgan fingerprint density at radius 1 is 1.00 bits per heavy atom. The van der Waals surface area contributed by atoms with E-state index in [2.05, 4.69) is 0 Å². The molecule has 0 fully saturated rings. The van der Waals surface area contributed by atoms with Gasteiger partial charge in [-0.25, -0.2) is 0 Å². The fourth-order valence-electron chi connectivity index (χ4n) is 0. The van der Waals surface area contributed by atoms with Crippen LogP contribution in [0.2, 0.25) is 0 Å². The molecule has 0 aliphatic carbocycles. The molecule has 0 rings (SSSR count). The average Bonchev–Trinajstić information content (AvgIpc) is 0. The van der Waals surface area contributed by atoms with Gasteiger partial charge in [0.05, 0.1) is 0 Å². The van der Waals surface area contributed by atoms with Crippen molar-refractivity contribution in [2.45, 2.75) is 0 Å². The molecule has 50 valence electrons. The Morgan fingerprint density at radius 3 is 1.00 bits per heavy atom. The Labute approximate surface area is 137 Å². The maximum absolute atomic E-state index is 0. The van der Waals surface area contributed by atoms with E-state index in [1.807, 2.05) is 0 Å². The Morgan fingerprint density at radius 2 is 1.00 bits per heavy atom. The second-order valence-electron chi connectivity index (χ2n) is 0. The van der Waals surface area contributed by atoms with Crippen LogP contribution in [0.5, 0.6) is 0 Å². The quantitative estimate of drug-likeness (QED) is 0.322. The molecule has 0 spiro atoms. The van der Waals surface area contributed by atoms with Crippen LogP contribution >= 0.6 is 9.90 Å². The molecule has 0 heterocycles. The first-order chi connectivity index (χ1) is 0. The molecule has 7 heavy (non-hydrogen) atoms. The molecular weight excluding hydrogens is 345 g/mol. The van der Waals surface area contributed by atoms with Gasteiger partial charge in [-0.05, 0) is 0 Å². The summed E-state index contributed by atoms with van der Waals surface area (Å²) in [6.07, 6.45) is 0. The van der Waals surface area contributed by atoms with Crippen molar-refractivity contribution in [3.8, 4) is 0 Å². The van der Waals surface area contributed by atoms with Crippen LogP contribution in [0.3, 0.4) is 0 Å². The van der Waals surface area contributed by atoms with Gasteiger partial charge in [0.2, 0.25) is 0 Å². The molecule has 0 aliphatic rings. The summed E-state index contributed by atoms with van der Waals surface area (Å²) in [4.78, 5) is 0. The summed E-state index contributed by atoms with van der Waals surface area (Å²) in [7, 11) is 0. The molecular formula is H10AsCaCoCrCuMgP. The van der Waals surface area contributed by atoms with Crippen LogP contribution in [-0.2, 0) is 51.2 Å². The zero-order valence-corrected chi connectivity index (χ0v) is 10.1. The third kappa shape index (κ3) is 37.2. The van der Waals surface area contributed by atoms with E-state index < -0.39 is 0 Å². The van der Waals surface area contributed by atoms with Crippen molar-refractivity contribution < 1.29 is 51.2 Å². The fourth-order valence-corrected chi connectivity index (χ4v) is 0. The van der Waals surface area contributed by atoms with Gasteiger partial charge < -0.3 is 0 Å². The maximum atomic E-state index is 0. The van der Waals surface area contributed by atoms with E-state index in [4.69, 9.17) is 0 Å². The molecule has 7 heteroatoms. The predicted octanol–water partition coefficient (Wildman–Crippen LogP) is -2.97. The normalized spacial score (nSPS) is 0. The van der Waals surface area contributed by atoms with Crippen molar-refractivity contribution in [3.05, 3.63) is 0 Å². The van der Waals surface area contributed by atoms with Crippen molar-refractivity contribution >= 4 is 88.6 Å². The van der Waals surface area contributed by atoms with Gasteiger partial charge in [-0.3, -0.25) is 0 Å². The third-order valence-corrected chi connectivity index (χ3v) is 0. The van der Waals surface area contributed by atoms with E-state index in [1.165, 1.54) is 0 Å². The molecule has 0 nitrogen and oxygen atoms in total. The first-order valence-corrected chi connectivity index (χ1v) is 0. The summed E-state index contributed by atoms with van der Waals surface area (Å²) in [6.45, 7) is 0. The van der Waals surface area contributed by atoms with E-state index >= 15 is 0 Å². The minimum Gasteiger partial charge on any atom is 0 e. The van der Waals surface area contributed by atoms with Crippen molar-refractivity contribution in [3.63, 3.8) is 0 Å². The van der Waals surface area contributed by atoms with Gasteiger partial charge in [0, 0.05) is 51.2 Å². The van der Waals surface area contributed by atoms with E-state index in [0.717, 1.165) is 0 Å². The third-order valence-electron chi connectivity index (χ3n) is 0. The molecule has 0 saturated carbocycles. The van der Waals surface area contributed by atoms with Gasteiger partial charge >= 0.3 is 78.7 Å². The first-order valence-electron chi connectivity index (χ1n) is 0. The standard InChI is InChI=1S/AsH3.Ca.Co.Cr.Cu.Mg.H3P.4H/h1H3;;;;;;1H3;;;;. The van der Waals surface area contributed by atoms with Crippen molar-refractivity contribution in [1.29, 1.82) is 0 Å². The molecule has 2 radical (unpaired) electrons. The summed E-state index contributed by atoms with van der Waals surface area (Å²) in [5.74, 6) is 0. The smallest absolute Gasteiger partial charge is 0 e. The fraction of sp³-hybridized carbons (Fsp3) is 0. The topological polar surface area (TPSA) is 0 Å². The summed E-state index contributed by atoms with van der Waals surface area (Å²) in [6, 6.07) is 0. The molecule has 0 aliphatic heterocycles. The largest absolute Gasteiger partial charge is 0.316 e. The van der Waals surface area contributed by atoms with Gasteiger partial charge in [-0.2, -0.15) is 9.90 Å². The van der Waals surface area contributed by atoms with Gasteiger partial charge in [0.1, 0.15) is 0 Å². The molecule has 0 amide bonds. The minimum absolute atomic E-state index is 0. The van der Waals surface area contributed by atoms with Crippen LogP contribution < -0.4 is 0 Å². The van der Waals surface area contributed by atoms with Gasteiger partial charge in [0.15, 0.2) is 0 Å². The molecule has 2 unspecified atom stereocenters. The zero-order chi connectivity index (χ0) is 0. The molecule has 0 N–H and O–H groups in total. The van der Waals surface area contributed by atoms with E-state index in [1.54, 1.807) is 0 Å². The van der Waals surface area contributed by atoms with Crippen LogP contribution in [0, 0.1) is 0 Å². The minimum atomic E-state index is 0. The van der Waals surface area contributed by atoms with Gasteiger partial charge in [0.25, 0.3) is 0 Å². The van der Waals surface area contributed by atoms with E-state index in [9.17, 15) is 0 Å². The second kappa shape index (κ2) is 46.3. The van der Waals surface area contributed by atoms with E-state index in [-0.39, 0.29) is 140 Å². The molecule has 0 aromatic heterocycles. The van der Waals surface area contributed by atoms with Crippen LogP contribution in [0.1, 0.15) is 0 Å². The Kier molecular flexibility index (Phi) is 409. The first kappa shape index (κ1) is 61.9. The predicted molar refractivity (Wildman–Crippen MR) is 38.1 cm³/mol. The van der Waals surface area contributed by atoms with Crippen LogP contribution in [0.15, 0.2) is 0 Å². The number of rotatable bonds is 0. The van der Waals surface area contributed by atoms with Gasteiger partial charge in [-0.15, -0.1) is 0 Å². The maximum Gasteiger partial charge on any atom is 0.316 e. The van der Waals surface area contributed by atoms with Crippen LogP contribution in [-0.4, -0.2) is 78.7 Å². The molecule has 0 bridgehead atoms. The summed E-state index contributed by atoms with van der Waals surface area (Å²) < 4.78 is 0.